The second-order valence-corrected chi connectivity index (χ2v) is 7.84. The van der Waals surface area contributed by atoms with Crippen LogP contribution in [0.25, 0.3) is 0 Å². The molecular formula is C21H23N3O5. The first-order valence-corrected chi connectivity index (χ1v) is 10.0. The minimum absolute atomic E-state index is 0.113. The third kappa shape index (κ3) is 3.60. The maximum atomic E-state index is 12.9. The van der Waals surface area contributed by atoms with E-state index >= 15 is 0 Å². The van der Waals surface area contributed by atoms with Crippen LogP contribution in [0.1, 0.15) is 70.4 Å². The van der Waals surface area contributed by atoms with Gasteiger partial charge in [0.05, 0.1) is 11.1 Å². The van der Waals surface area contributed by atoms with Crippen LogP contribution in [0.15, 0.2) is 12.1 Å². The van der Waals surface area contributed by atoms with Gasteiger partial charge in [-0.05, 0) is 49.1 Å². The summed E-state index contributed by atoms with van der Waals surface area (Å²) in [5, 5.41) is 2.21. The maximum absolute atomic E-state index is 12.9. The van der Waals surface area contributed by atoms with E-state index in [-0.39, 0.29) is 18.7 Å². The van der Waals surface area contributed by atoms with Crippen LogP contribution in [-0.4, -0.2) is 52.3 Å². The van der Waals surface area contributed by atoms with Gasteiger partial charge in [-0.3, -0.25) is 34.3 Å². The Morgan fingerprint density at radius 2 is 1.62 bits per heavy atom. The molecule has 1 N–H and O–H groups in total. The molecule has 1 unspecified atom stereocenters. The van der Waals surface area contributed by atoms with E-state index < -0.39 is 23.8 Å². The number of benzene rings is 1. The van der Waals surface area contributed by atoms with Gasteiger partial charge in [0, 0.05) is 25.9 Å². The second kappa shape index (κ2) is 7.87. The molecule has 4 amide bonds. The lowest BCUT2D eigenvalue weighted by molar-refractivity contribution is -0.136. The quantitative estimate of drug-likeness (QED) is 0.421. The molecular weight excluding hydrogens is 374 g/mol. The van der Waals surface area contributed by atoms with Crippen molar-refractivity contribution >= 4 is 29.9 Å². The molecule has 0 saturated carbocycles. The van der Waals surface area contributed by atoms with Crippen LogP contribution >= 0.6 is 0 Å². The largest absolute Gasteiger partial charge is 0.303 e. The average molecular weight is 397 g/mol. The summed E-state index contributed by atoms with van der Waals surface area (Å²) < 4.78 is 0. The van der Waals surface area contributed by atoms with Gasteiger partial charge in [0.15, 0.2) is 0 Å². The molecule has 4 rings (SSSR count). The zero-order valence-corrected chi connectivity index (χ0v) is 16.1. The van der Waals surface area contributed by atoms with Crippen LogP contribution < -0.4 is 5.32 Å². The minimum Gasteiger partial charge on any atom is -0.303 e. The Bertz CT molecular complexity index is 865. The molecule has 0 aliphatic carbocycles. The number of hydrogen-bond acceptors (Lipinski definition) is 6. The minimum atomic E-state index is -0.933. The fraction of sp³-hybridized carbons (Fsp3) is 0.476. The lowest BCUT2D eigenvalue weighted by Gasteiger charge is -2.27. The van der Waals surface area contributed by atoms with Crippen molar-refractivity contribution in [1.82, 2.24) is 15.1 Å². The number of amides is 4. The molecule has 1 aromatic rings. The Morgan fingerprint density at radius 1 is 0.966 bits per heavy atom. The number of hydrogen-bond donors (Lipinski definition) is 1. The molecule has 0 radical (unpaired) electrons. The Hall–Kier alpha value is -2.87. The third-order valence-electron chi connectivity index (χ3n) is 5.84. The standard InChI is InChI=1S/C21H23N3O5/c25-8-4-2-1-3-7-23-11-13-9-15-16(10-14(13)12-23)21(29)24(20(15)28)17-5-6-18(26)22-19(17)27/h8-10,17H,1-7,11-12H2,(H,22,26,27). The number of aldehydes is 1. The topological polar surface area (TPSA) is 104 Å². The molecule has 8 heteroatoms. The highest BCUT2D eigenvalue weighted by Crippen LogP contribution is 2.33. The number of rotatable bonds is 7. The molecule has 1 fully saturated rings. The van der Waals surface area contributed by atoms with Crippen LogP contribution in [-0.2, 0) is 27.5 Å². The van der Waals surface area contributed by atoms with Gasteiger partial charge in [-0.15, -0.1) is 0 Å². The number of fused-ring (bicyclic) bond motifs is 2. The van der Waals surface area contributed by atoms with Gasteiger partial charge in [-0.1, -0.05) is 6.42 Å². The van der Waals surface area contributed by atoms with Gasteiger partial charge >= 0.3 is 0 Å². The van der Waals surface area contributed by atoms with Gasteiger partial charge in [0.25, 0.3) is 11.8 Å². The van der Waals surface area contributed by atoms with Crippen molar-refractivity contribution in [3.63, 3.8) is 0 Å². The van der Waals surface area contributed by atoms with Crippen molar-refractivity contribution in [2.45, 2.75) is 57.7 Å². The SMILES string of the molecule is O=CCCCCCN1Cc2cc3c(cc2C1)C(=O)N(C1CCC(=O)NC1=O)C3=O. The first kappa shape index (κ1) is 19.4. The molecule has 0 bridgehead atoms. The molecule has 3 heterocycles. The van der Waals surface area contributed by atoms with Crippen LogP contribution in [0, 0.1) is 0 Å². The van der Waals surface area contributed by atoms with E-state index in [0.29, 0.717) is 17.5 Å². The van der Waals surface area contributed by atoms with Crippen LogP contribution in [0.5, 0.6) is 0 Å². The van der Waals surface area contributed by atoms with E-state index in [1.165, 1.54) is 0 Å². The molecule has 1 aromatic carbocycles. The molecule has 0 aromatic heterocycles. The van der Waals surface area contributed by atoms with Gasteiger partial charge in [0.1, 0.15) is 12.3 Å². The van der Waals surface area contributed by atoms with E-state index in [1.807, 2.05) is 0 Å². The monoisotopic (exact) mass is 397 g/mol. The Balaban J connectivity index is 1.46. The predicted octanol–water partition coefficient (Wildman–Crippen LogP) is 1.16. The zero-order chi connectivity index (χ0) is 20.5. The summed E-state index contributed by atoms with van der Waals surface area (Å²) in [5.74, 6) is -1.90. The number of carbonyl (C=O) groups excluding carboxylic acids is 5. The van der Waals surface area contributed by atoms with Crippen molar-refractivity contribution in [2.75, 3.05) is 6.54 Å². The predicted molar refractivity (Wildman–Crippen MR) is 102 cm³/mol. The fourth-order valence-corrected chi connectivity index (χ4v) is 4.34. The molecule has 1 saturated heterocycles. The Labute approximate surface area is 168 Å². The summed E-state index contributed by atoms with van der Waals surface area (Å²) in [7, 11) is 0. The van der Waals surface area contributed by atoms with Crippen LogP contribution in [0.3, 0.4) is 0 Å². The van der Waals surface area contributed by atoms with E-state index in [1.54, 1.807) is 12.1 Å². The molecule has 8 nitrogen and oxygen atoms in total. The van der Waals surface area contributed by atoms with Crippen LogP contribution in [0.2, 0.25) is 0 Å². The number of nitrogens with one attached hydrogen (secondary N) is 1. The third-order valence-corrected chi connectivity index (χ3v) is 5.84. The molecule has 152 valence electrons. The van der Waals surface area contributed by atoms with Crippen molar-refractivity contribution in [3.05, 3.63) is 34.4 Å². The first-order chi connectivity index (χ1) is 14.0. The van der Waals surface area contributed by atoms with Crippen molar-refractivity contribution in [3.8, 4) is 0 Å². The maximum Gasteiger partial charge on any atom is 0.262 e. The van der Waals surface area contributed by atoms with Crippen LogP contribution in [0.4, 0.5) is 0 Å². The number of nitrogens with zero attached hydrogens (tertiary/aromatic N) is 2. The smallest absolute Gasteiger partial charge is 0.262 e. The summed E-state index contributed by atoms with van der Waals surface area (Å²) in [5.41, 5.74) is 2.74. The summed E-state index contributed by atoms with van der Waals surface area (Å²) in [4.78, 5) is 62.9. The summed E-state index contributed by atoms with van der Waals surface area (Å²) in [6.45, 7) is 2.34. The van der Waals surface area contributed by atoms with E-state index in [2.05, 4.69) is 10.2 Å². The van der Waals surface area contributed by atoms with Crippen molar-refractivity contribution in [1.29, 1.82) is 0 Å². The lowest BCUT2D eigenvalue weighted by Crippen LogP contribution is -2.54. The lowest BCUT2D eigenvalue weighted by atomic mass is 10.0. The molecule has 29 heavy (non-hydrogen) atoms. The number of carbonyl (C=O) groups is 5. The molecule has 0 spiro atoms. The van der Waals surface area contributed by atoms with Gasteiger partial charge in [-0.25, -0.2) is 0 Å². The van der Waals surface area contributed by atoms with Crippen molar-refractivity contribution in [2.24, 2.45) is 0 Å². The Kier molecular flexibility index (Phi) is 5.27. The molecule has 1 atom stereocenters. The number of unbranched alkanes of at least 4 members (excludes halogenated alkanes) is 3. The highest BCUT2D eigenvalue weighted by molar-refractivity contribution is 6.23. The summed E-state index contributed by atoms with van der Waals surface area (Å²) >= 11 is 0. The summed E-state index contributed by atoms with van der Waals surface area (Å²) in [6, 6.07) is 2.63. The number of imide groups is 2. The van der Waals surface area contributed by atoms with Gasteiger partial charge < -0.3 is 4.79 Å². The van der Waals surface area contributed by atoms with Gasteiger partial charge in [0.2, 0.25) is 11.8 Å². The normalized spacial score (nSPS) is 21.4. The molecule has 3 aliphatic heterocycles. The van der Waals surface area contributed by atoms with E-state index in [4.69, 9.17) is 0 Å². The number of piperidine rings is 1. The highest BCUT2D eigenvalue weighted by Gasteiger charge is 2.45. The first-order valence-electron chi connectivity index (χ1n) is 10.0. The van der Waals surface area contributed by atoms with E-state index in [9.17, 15) is 24.0 Å². The second-order valence-electron chi connectivity index (χ2n) is 7.84. The fourth-order valence-electron chi connectivity index (χ4n) is 4.34. The summed E-state index contributed by atoms with van der Waals surface area (Å²) in [6.07, 6.45) is 4.72. The highest BCUT2D eigenvalue weighted by atomic mass is 16.2. The van der Waals surface area contributed by atoms with E-state index in [0.717, 1.165) is 61.2 Å². The Morgan fingerprint density at radius 3 is 2.21 bits per heavy atom. The average Bonchev–Trinajstić information content (AvgIpc) is 3.19. The molecule has 3 aliphatic rings. The zero-order valence-electron chi connectivity index (χ0n) is 16.1. The van der Waals surface area contributed by atoms with Gasteiger partial charge in [-0.2, -0.15) is 0 Å². The van der Waals surface area contributed by atoms with Crippen molar-refractivity contribution < 1.29 is 24.0 Å².